The Morgan fingerprint density at radius 2 is 1.85 bits per heavy atom. The summed E-state index contributed by atoms with van der Waals surface area (Å²) >= 11 is 3.12. The van der Waals surface area contributed by atoms with Gasteiger partial charge in [-0.2, -0.15) is 0 Å². The van der Waals surface area contributed by atoms with E-state index in [0.29, 0.717) is 16.1 Å². The lowest BCUT2D eigenvalue weighted by Gasteiger charge is -2.25. The standard InChI is InChI=1S/C19H19N3O3S2/c1-25-17(24)12-5-7-13(8-6-12)20-16(23)15-11-14-18(26-15)27-19(21-14)22-9-3-2-4-10-22/h5-8,11H,2-4,9-10H2,1H3,(H,20,23). The monoisotopic (exact) mass is 401 g/mol. The van der Waals surface area contributed by atoms with Gasteiger partial charge in [0.05, 0.1) is 23.1 Å². The zero-order chi connectivity index (χ0) is 18.8. The smallest absolute Gasteiger partial charge is 0.337 e. The van der Waals surface area contributed by atoms with E-state index >= 15 is 0 Å². The van der Waals surface area contributed by atoms with Gasteiger partial charge in [0.15, 0.2) is 5.13 Å². The number of ether oxygens (including phenoxy) is 1. The lowest BCUT2D eigenvalue weighted by Crippen LogP contribution is -2.29. The van der Waals surface area contributed by atoms with Gasteiger partial charge < -0.3 is 15.0 Å². The first-order chi connectivity index (χ1) is 13.1. The highest BCUT2D eigenvalue weighted by molar-refractivity contribution is 7.40. The van der Waals surface area contributed by atoms with E-state index < -0.39 is 5.97 Å². The van der Waals surface area contributed by atoms with Gasteiger partial charge in [0, 0.05) is 18.8 Å². The van der Waals surface area contributed by atoms with Gasteiger partial charge in [-0.3, -0.25) is 4.79 Å². The van der Waals surface area contributed by atoms with Crippen LogP contribution in [0.4, 0.5) is 10.8 Å². The molecule has 27 heavy (non-hydrogen) atoms. The van der Waals surface area contributed by atoms with Crippen molar-refractivity contribution in [2.45, 2.75) is 19.3 Å². The number of rotatable bonds is 4. The lowest BCUT2D eigenvalue weighted by molar-refractivity contribution is 0.0600. The Morgan fingerprint density at radius 1 is 1.11 bits per heavy atom. The fourth-order valence-corrected chi connectivity index (χ4v) is 5.27. The van der Waals surface area contributed by atoms with Crippen LogP contribution in [0, 0.1) is 0 Å². The van der Waals surface area contributed by atoms with Crippen LogP contribution in [0.1, 0.15) is 39.3 Å². The first-order valence-corrected chi connectivity index (χ1v) is 10.4. The average molecular weight is 402 g/mol. The van der Waals surface area contributed by atoms with Crippen molar-refractivity contribution in [3.63, 3.8) is 0 Å². The van der Waals surface area contributed by atoms with Gasteiger partial charge in [0.2, 0.25) is 0 Å². The third-order valence-electron chi connectivity index (χ3n) is 4.49. The number of nitrogens with zero attached hydrogens (tertiary/aromatic N) is 2. The number of amides is 1. The SMILES string of the molecule is COC(=O)c1ccc(NC(=O)c2cc3nc(N4CCCCC4)sc3s2)cc1. The molecule has 1 aromatic carbocycles. The Bertz CT molecular complexity index is 940. The maximum absolute atomic E-state index is 12.5. The first-order valence-electron chi connectivity index (χ1n) is 8.79. The number of benzene rings is 1. The summed E-state index contributed by atoms with van der Waals surface area (Å²) in [7, 11) is 1.34. The van der Waals surface area contributed by atoms with Crippen LogP contribution in [-0.4, -0.2) is 37.1 Å². The van der Waals surface area contributed by atoms with Crippen molar-refractivity contribution in [2.24, 2.45) is 0 Å². The summed E-state index contributed by atoms with van der Waals surface area (Å²) in [4.78, 5) is 31.7. The fourth-order valence-electron chi connectivity index (χ4n) is 3.06. The molecule has 1 saturated heterocycles. The molecule has 1 N–H and O–H groups in total. The van der Waals surface area contributed by atoms with Crippen molar-refractivity contribution in [1.82, 2.24) is 4.98 Å². The summed E-state index contributed by atoms with van der Waals surface area (Å²) in [5.74, 6) is -0.572. The molecule has 3 aromatic rings. The van der Waals surface area contributed by atoms with Crippen molar-refractivity contribution in [3.8, 4) is 0 Å². The second-order valence-corrected chi connectivity index (χ2v) is 8.64. The lowest BCUT2D eigenvalue weighted by atomic mass is 10.1. The molecule has 0 aliphatic carbocycles. The van der Waals surface area contributed by atoms with Crippen LogP contribution in [0.5, 0.6) is 0 Å². The largest absolute Gasteiger partial charge is 0.465 e. The van der Waals surface area contributed by atoms with Gasteiger partial charge in [-0.1, -0.05) is 11.3 Å². The third kappa shape index (κ3) is 3.81. The molecule has 8 heteroatoms. The molecule has 0 unspecified atom stereocenters. The zero-order valence-electron chi connectivity index (χ0n) is 14.9. The van der Waals surface area contributed by atoms with Crippen LogP contribution in [0.2, 0.25) is 0 Å². The van der Waals surface area contributed by atoms with Gasteiger partial charge >= 0.3 is 5.97 Å². The van der Waals surface area contributed by atoms with E-state index in [-0.39, 0.29) is 5.91 Å². The number of carbonyl (C=O) groups excluding carboxylic acids is 2. The highest BCUT2D eigenvalue weighted by Gasteiger charge is 2.18. The molecule has 0 radical (unpaired) electrons. The van der Waals surface area contributed by atoms with Crippen LogP contribution in [-0.2, 0) is 4.74 Å². The van der Waals surface area contributed by atoms with E-state index in [2.05, 4.69) is 15.0 Å². The molecule has 3 heterocycles. The number of hydrogen-bond acceptors (Lipinski definition) is 7. The minimum atomic E-state index is -0.401. The quantitative estimate of drug-likeness (QED) is 0.657. The van der Waals surface area contributed by atoms with Crippen LogP contribution in [0.25, 0.3) is 9.53 Å². The summed E-state index contributed by atoms with van der Waals surface area (Å²) in [6, 6.07) is 8.48. The van der Waals surface area contributed by atoms with Gasteiger partial charge in [-0.15, -0.1) is 11.3 Å². The predicted octanol–water partition coefficient (Wildman–Crippen LogP) is 4.39. The number of esters is 1. The Kier molecular flexibility index (Phi) is 5.09. The predicted molar refractivity (Wildman–Crippen MR) is 109 cm³/mol. The van der Waals surface area contributed by atoms with E-state index in [9.17, 15) is 9.59 Å². The van der Waals surface area contributed by atoms with E-state index in [4.69, 9.17) is 4.98 Å². The minimum Gasteiger partial charge on any atom is -0.465 e. The van der Waals surface area contributed by atoms with Crippen molar-refractivity contribution in [1.29, 1.82) is 0 Å². The van der Waals surface area contributed by atoms with Gasteiger partial charge in [0.1, 0.15) is 4.01 Å². The minimum absolute atomic E-state index is 0.171. The molecule has 0 spiro atoms. The summed E-state index contributed by atoms with van der Waals surface area (Å²) in [5.41, 5.74) is 1.96. The van der Waals surface area contributed by atoms with E-state index in [1.807, 2.05) is 6.07 Å². The Morgan fingerprint density at radius 3 is 2.52 bits per heavy atom. The number of piperidine rings is 1. The summed E-state index contributed by atoms with van der Waals surface area (Å²) in [6.07, 6.45) is 3.73. The molecule has 4 rings (SSSR count). The van der Waals surface area contributed by atoms with Crippen molar-refractivity contribution in [3.05, 3.63) is 40.8 Å². The molecular weight excluding hydrogens is 382 g/mol. The van der Waals surface area contributed by atoms with Crippen molar-refractivity contribution >= 4 is 54.9 Å². The van der Waals surface area contributed by atoms with Crippen LogP contribution >= 0.6 is 22.7 Å². The van der Waals surface area contributed by atoms with Crippen LogP contribution in [0.3, 0.4) is 0 Å². The number of thiophene rings is 1. The molecule has 1 aliphatic heterocycles. The highest BCUT2D eigenvalue weighted by atomic mass is 32.2. The zero-order valence-corrected chi connectivity index (χ0v) is 16.5. The number of carbonyl (C=O) groups is 2. The molecule has 6 nitrogen and oxygen atoms in total. The number of methoxy groups -OCH3 is 1. The molecule has 140 valence electrons. The summed E-state index contributed by atoms with van der Waals surface area (Å²) in [6.45, 7) is 2.13. The molecular formula is C19H19N3O3S2. The fraction of sp³-hybridized carbons (Fsp3) is 0.316. The maximum atomic E-state index is 12.5. The van der Waals surface area contributed by atoms with E-state index in [1.165, 1.54) is 37.7 Å². The number of anilines is 2. The Hall–Kier alpha value is -2.45. The number of aromatic nitrogens is 1. The summed E-state index contributed by atoms with van der Waals surface area (Å²) in [5, 5.41) is 3.91. The van der Waals surface area contributed by atoms with Crippen LogP contribution in [0.15, 0.2) is 30.3 Å². The number of hydrogen-bond donors (Lipinski definition) is 1. The Balaban J connectivity index is 1.46. The molecule has 0 atom stereocenters. The molecule has 0 bridgehead atoms. The average Bonchev–Trinajstić information content (AvgIpc) is 3.28. The van der Waals surface area contributed by atoms with Gasteiger partial charge in [-0.25, -0.2) is 9.78 Å². The molecule has 0 saturated carbocycles. The summed E-state index contributed by atoms with van der Waals surface area (Å²) < 4.78 is 5.74. The van der Waals surface area contributed by atoms with E-state index in [1.54, 1.807) is 35.6 Å². The highest BCUT2D eigenvalue weighted by Crippen LogP contribution is 2.36. The maximum Gasteiger partial charge on any atom is 0.337 e. The third-order valence-corrected chi connectivity index (χ3v) is 6.84. The number of thiazole rings is 1. The Labute approximate surface area is 164 Å². The number of nitrogens with one attached hydrogen (secondary N) is 1. The molecule has 2 aromatic heterocycles. The first kappa shape index (κ1) is 17.9. The van der Waals surface area contributed by atoms with Gasteiger partial charge in [0.25, 0.3) is 5.91 Å². The van der Waals surface area contributed by atoms with Crippen molar-refractivity contribution < 1.29 is 14.3 Å². The van der Waals surface area contributed by atoms with Crippen molar-refractivity contribution in [2.75, 3.05) is 30.4 Å². The molecule has 1 fully saturated rings. The number of fused-ring (bicyclic) bond motifs is 1. The second-order valence-electron chi connectivity index (χ2n) is 6.35. The molecule has 1 aliphatic rings. The van der Waals surface area contributed by atoms with Crippen LogP contribution < -0.4 is 10.2 Å². The normalized spacial score (nSPS) is 14.3. The molecule has 1 amide bonds. The second kappa shape index (κ2) is 7.66. The topological polar surface area (TPSA) is 71.5 Å². The van der Waals surface area contributed by atoms with Gasteiger partial charge in [-0.05, 0) is 49.6 Å². The van der Waals surface area contributed by atoms with E-state index in [0.717, 1.165) is 27.8 Å².